The molecule has 0 aliphatic heterocycles. The van der Waals surface area contributed by atoms with Crippen LogP contribution in [0, 0.1) is 30.0 Å². The summed E-state index contributed by atoms with van der Waals surface area (Å²) in [4.78, 5) is 13.7. The van der Waals surface area contributed by atoms with E-state index in [9.17, 15) is 10.1 Å². The molecule has 5 heteroatoms. The molecule has 4 nitrogen and oxygen atoms in total. The summed E-state index contributed by atoms with van der Waals surface area (Å²) < 4.78 is 0. The van der Waals surface area contributed by atoms with Gasteiger partial charge in [0.1, 0.15) is 0 Å². The third-order valence-corrected chi connectivity index (χ3v) is 1.29. The second-order valence-corrected chi connectivity index (χ2v) is 2.23. The zero-order valence-electron chi connectivity index (χ0n) is 6.87. The molecule has 1 rings (SSSR count). The van der Waals surface area contributed by atoms with Crippen LogP contribution in [0.25, 0.3) is 0 Å². The summed E-state index contributed by atoms with van der Waals surface area (Å²) in [5.74, 6) is 0. The van der Waals surface area contributed by atoms with Crippen LogP contribution in [0.4, 0.5) is 5.69 Å². The first-order chi connectivity index (χ1) is 5.11. The Labute approximate surface area is 95.4 Å². The summed E-state index contributed by atoms with van der Waals surface area (Å²) in [6.45, 7) is 3.37. The predicted molar refractivity (Wildman–Crippen MR) is 39.2 cm³/mol. The molecular weight excluding hydrogens is 233 g/mol. The summed E-state index contributed by atoms with van der Waals surface area (Å²) in [7, 11) is 0. The van der Waals surface area contributed by atoms with Crippen molar-refractivity contribution >= 4 is 5.69 Å². The molecule has 0 bridgehead atoms. The van der Waals surface area contributed by atoms with Gasteiger partial charge in [0.25, 0.3) is 0 Å². The van der Waals surface area contributed by atoms with E-state index in [2.05, 4.69) is 11.1 Å². The quantitative estimate of drug-likeness (QED) is 0.423. The van der Waals surface area contributed by atoms with E-state index >= 15 is 0 Å². The number of rotatable bonds is 1. The van der Waals surface area contributed by atoms with E-state index in [-0.39, 0.29) is 38.4 Å². The van der Waals surface area contributed by atoms with E-state index in [1.807, 2.05) is 0 Å². The van der Waals surface area contributed by atoms with Crippen molar-refractivity contribution in [3.63, 3.8) is 0 Å². The number of hydrogen-bond acceptors (Lipinski definition) is 3. The number of pyridine rings is 1. The molecule has 0 saturated carbocycles. The molecule has 0 unspecified atom stereocenters. The van der Waals surface area contributed by atoms with Crippen LogP contribution < -0.4 is 0 Å². The van der Waals surface area contributed by atoms with Crippen LogP contribution in [0.5, 0.6) is 0 Å². The molecule has 61 valence electrons. The van der Waals surface area contributed by atoms with Crippen LogP contribution >= 0.6 is 0 Å². The van der Waals surface area contributed by atoms with Gasteiger partial charge in [0, 0.05) is 43.3 Å². The van der Waals surface area contributed by atoms with Crippen molar-refractivity contribution in [2.45, 2.75) is 13.8 Å². The van der Waals surface area contributed by atoms with Crippen molar-refractivity contribution in [1.29, 1.82) is 0 Å². The standard InChI is InChI=1S/C7H7N2O2.Y/c1-5-3-4-7(9(10)11)6(2)8-5;/h3H,1-2H3;/q-1;. The van der Waals surface area contributed by atoms with Crippen LogP contribution in [-0.2, 0) is 32.7 Å². The van der Waals surface area contributed by atoms with Gasteiger partial charge in [0.2, 0.25) is 0 Å². The predicted octanol–water partition coefficient (Wildman–Crippen LogP) is 1.40. The van der Waals surface area contributed by atoms with Gasteiger partial charge in [-0.05, 0) is 0 Å². The van der Waals surface area contributed by atoms with E-state index in [4.69, 9.17) is 0 Å². The molecule has 1 radical (unpaired) electrons. The molecule has 0 aliphatic rings. The Bertz CT molecular complexity index is 301. The smallest absolute Gasteiger partial charge is 0.182 e. The van der Waals surface area contributed by atoms with Gasteiger partial charge >= 0.3 is 0 Å². The molecule has 0 fully saturated rings. The van der Waals surface area contributed by atoms with E-state index < -0.39 is 4.92 Å². The molecule has 0 aliphatic carbocycles. The van der Waals surface area contributed by atoms with Crippen molar-refractivity contribution in [3.05, 3.63) is 33.6 Å². The number of aryl methyl sites for hydroxylation is 2. The topological polar surface area (TPSA) is 56.0 Å². The minimum absolute atomic E-state index is 0. The van der Waals surface area contributed by atoms with Gasteiger partial charge in [0.15, 0.2) is 5.69 Å². The molecule has 0 spiro atoms. The first kappa shape index (κ1) is 11.7. The Balaban J connectivity index is 0.00000121. The Morgan fingerprint density at radius 1 is 1.58 bits per heavy atom. The molecule has 1 aromatic rings. The van der Waals surface area contributed by atoms with Gasteiger partial charge in [0.05, 0.1) is 0 Å². The largest absolute Gasteiger partial charge is 0.378 e. The molecule has 0 saturated heterocycles. The maximum atomic E-state index is 10.3. The maximum absolute atomic E-state index is 10.3. The zero-order valence-corrected chi connectivity index (χ0v) is 9.70. The molecule has 0 aromatic carbocycles. The number of nitrogens with zero attached hydrogens (tertiary/aromatic N) is 2. The monoisotopic (exact) mass is 240 g/mol. The molecule has 0 amide bonds. The van der Waals surface area contributed by atoms with Crippen molar-refractivity contribution in [1.82, 2.24) is 4.98 Å². The van der Waals surface area contributed by atoms with Crippen molar-refractivity contribution in [2.75, 3.05) is 0 Å². The summed E-state index contributed by atoms with van der Waals surface area (Å²) >= 11 is 0. The van der Waals surface area contributed by atoms with Gasteiger partial charge in [-0.15, -0.1) is 6.07 Å². The van der Waals surface area contributed by atoms with Gasteiger partial charge < -0.3 is 4.98 Å². The fourth-order valence-corrected chi connectivity index (χ4v) is 0.812. The van der Waals surface area contributed by atoms with Crippen molar-refractivity contribution in [3.8, 4) is 0 Å². The third-order valence-electron chi connectivity index (χ3n) is 1.29. The van der Waals surface area contributed by atoms with E-state index in [0.29, 0.717) is 5.69 Å². The van der Waals surface area contributed by atoms with Crippen LogP contribution in [0.2, 0.25) is 0 Å². The molecule has 12 heavy (non-hydrogen) atoms. The van der Waals surface area contributed by atoms with E-state index in [1.54, 1.807) is 13.8 Å². The third kappa shape index (κ3) is 2.61. The number of hydrogen-bond donors (Lipinski definition) is 0. The van der Waals surface area contributed by atoms with Gasteiger partial charge in [-0.1, -0.05) is 25.6 Å². The summed E-state index contributed by atoms with van der Waals surface area (Å²) in [5.41, 5.74) is 1.11. The Morgan fingerprint density at radius 3 is 2.58 bits per heavy atom. The Kier molecular flexibility index (Phi) is 4.49. The SMILES string of the molecule is Cc1c[c-]c([N+](=O)[O-])c(C)n1.[Y]. The minimum Gasteiger partial charge on any atom is -0.378 e. The minimum atomic E-state index is -0.484. The Morgan fingerprint density at radius 2 is 2.17 bits per heavy atom. The summed E-state index contributed by atoms with van der Waals surface area (Å²) in [6, 6.07) is 4.05. The second kappa shape index (κ2) is 4.62. The second-order valence-electron chi connectivity index (χ2n) is 2.23. The van der Waals surface area contributed by atoms with Crippen LogP contribution in [0.15, 0.2) is 6.07 Å². The molecule has 1 heterocycles. The average Bonchev–Trinajstić information content (AvgIpc) is 1.85. The normalized spacial score (nSPS) is 8.83. The molecule has 1 aromatic heterocycles. The van der Waals surface area contributed by atoms with Crippen molar-refractivity contribution in [2.24, 2.45) is 0 Å². The fraction of sp³-hybridized carbons (Fsp3) is 0.286. The van der Waals surface area contributed by atoms with Crippen LogP contribution in [0.3, 0.4) is 0 Å². The van der Waals surface area contributed by atoms with Crippen molar-refractivity contribution < 1.29 is 37.6 Å². The first-order valence-corrected chi connectivity index (χ1v) is 3.11. The molecule has 0 N–H and O–H groups in total. The zero-order chi connectivity index (χ0) is 8.43. The van der Waals surface area contributed by atoms with Crippen LogP contribution in [0.1, 0.15) is 11.4 Å². The average molecular weight is 240 g/mol. The van der Waals surface area contributed by atoms with Gasteiger partial charge in [-0.25, -0.2) is 0 Å². The molecular formula is C7H7N2O2Y-. The van der Waals surface area contributed by atoms with E-state index in [1.165, 1.54) is 6.07 Å². The van der Waals surface area contributed by atoms with E-state index in [0.717, 1.165) is 5.69 Å². The molecule has 0 atom stereocenters. The Hall–Kier alpha value is -0.346. The van der Waals surface area contributed by atoms with Crippen LogP contribution in [-0.4, -0.2) is 9.91 Å². The first-order valence-electron chi connectivity index (χ1n) is 3.11. The maximum Gasteiger partial charge on any atom is 0.182 e. The summed E-state index contributed by atoms with van der Waals surface area (Å²) in [6.07, 6.45) is 0. The van der Waals surface area contributed by atoms with Gasteiger partial charge in [-0.2, -0.15) is 0 Å². The number of aromatic nitrogens is 1. The summed E-state index contributed by atoms with van der Waals surface area (Å²) in [5, 5.41) is 10.3. The number of nitro groups is 1. The fourth-order valence-electron chi connectivity index (χ4n) is 0.812. The van der Waals surface area contributed by atoms with Gasteiger partial charge in [-0.3, -0.25) is 10.1 Å².